The fourth-order valence-corrected chi connectivity index (χ4v) is 7.42. The first-order chi connectivity index (χ1) is 34.4. The van der Waals surface area contributed by atoms with Crippen molar-refractivity contribution in [3.63, 3.8) is 0 Å². The molecule has 398 valence electrons. The molecule has 22 nitrogen and oxygen atoms in total. The number of para-hydroxylation sites is 3. The summed E-state index contributed by atoms with van der Waals surface area (Å²) in [4.78, 5) is 79.8. The number of Topliss-reactive ketones (excluding diaryl/α,β-unsaturated/α-hetero) is 1. The van der Waals surface area contributed by atoms with Crippen molar-refractivity contribution in [2.75, 3.05) is 39.4 Å². The van der Waals surface area contributed by atoms with Crippen molar-refractivity contribution in [2.45, 2.75) is 103 Å². The first-order valence-electron chi connectivity index (χ1n) is 23.9. The number of amides is 5. The van der Waals surface area contributed by atoms with Crippen LogP contribution in [0.15, 0.2) is 79.0 Å². The number of nitrogens with zero attached hydrogens (tertiary/aromatic N) is 4. The van der Waals surface area contributed by atoms with Crippen molar-refractivity contribution >= 4 is 46.2 Å². The average molecular weight is 1020 g/mol. The lowest BCUT2D eigenvalue weighted by molar-refractivity contribution is -0.138. The molecule has 16 N–H and O–H groups in total. The number of H-pyrrole nitrogens is 2. The lowest BCUT2D eigenvalue weighted by atomic mass is 10.1. The number of rotatable bonds is 18. The third-order valence-electron chi connectivity index (χ3n) is 12.0. The van der Waals surface area contributed by atoms with Crippen molar-refractivity contribution in [1.29, 1.82) is 0 Å². The molecule has 73 heavy (non-hydrogen) atoms. The van der Waals surface area contributed by atoms with E-state index in [0.717, 1.165) is 23.0 Å². The van der Waals surface area contributed by atoms with Crippen LogP contribution in [-0.4, -0.2) is 149 Å². The normalized spacial score (nSPS) is 15.5. The van der Waals surface area contributed by atoms with Gasteiger partial charge in [0.05, 0.1) is 66.3 Å². The Bertz CT molecular complexity index is 2560. The quantitative estimate of drug-likeness (QED) is 0.0596. The van der Waals surface area contributed by atoms with E-state index in [4.69, 9.17) is 33.1 Å². The number of hydrogen-bond acceptors (Lipinski definition) is 15. The number of nitrogens with one attached hydrogen (secondary N) is 4. The Morgan fingerprint density at radius 3 is 2.11 bits per heavy atom. The van der Waals surface area contributed by atoms with E-state index in [0.29, 0.717) is 68.9 Å². The number of phenols is 2. The molecule has 3 aromatic carbocycles. The molecule has 0 spiro atoms. The van der Waals surface area contributed by atoms with E-state index in [9.17, 15) is 39.0 Å². The number of imidazole rings is 1. The Balaban J connectivity index is 0.000000256. The highest BCUT2D eigenvalue weighted by molar-refractivity contribution is 5.97. The fourth-order valence-electron chi connectivity index (χ4n) is 7.42. The van der Waals surface area contributed by atoms with E-state index < -0.39 is 30.1 Å². The molecule has 2 saturated heterocycles. The van der Waals surface area contributed by atoms with Gasteiger partial charge < -0.3 is 68.8 Å². The Morgan fingerprint density at radius 2 is 1.48 bits per heavy atom. The fraction of sp³-hybridized carbons (Fsp3) is 0.451. The molecular weight excluding hydrogens is 941 g/mol. The second-order valence-corrected chi connectivity index (χ2v) is 17.4. The van der Waals surface area contributed by atoms with Gasteiger partial charge >= 0.3 is 0 Å². The van der Waals surface area contributed by atoms with Crippen LogP contribution >= 0.6 is 0 Å². The number of aliphatic hydroxyl groups is 2. The lowest BCUT2D eigenvalue weighted by Gasteiger charge is -2.40. The van der Waals surface area contributed by atoms with E-state index in [1.807, 2.05) is 44.2 Å². The maximum Gasteiger partial charge on any atom is 0.257 e. The number of aromatic nitrogens is 4. The van der Waals surface area contributed by atoms with Gasteiger partial charge in [0.2, 0.25) is 23.6 Å². The molecule has 0 saturated carbocycles. The van der Waals surface area contributed by atoms with Crippen LogP contribution in [-0.2, 0) is 30.4 Å². The monoisotopic (exact) mass is 1010 g/mol. The number of hydrogen-bond donors (Lipinski definition) is 12. The second-order valence-electron chi connectivity index (χ2n) is 17.4. The predicted octanol–water partition coefficient (Wildman–Crippen LogP) is 1.88. The van der Waals surface area contributed by atoms with Gasteiger partial charge in [-0.2, -0.15) is 5.10 Å². The molecule has 0 radical (unpaired) electrons. The summed E-state index contributed by atoms with van der Waals surface area (Å²) in [5.41, 5.74) is 25.6. The molecule has 2 aliphatic heterocycles. The van der Waals surface area contributed by atoms with E-state index in [1.54, 1.807) is 54.4 Å². The number of ketones is 1. The van der Waals surface area contributed by atoms with Gasteiger partial charge in [-0.05, 0) is 56.0 Å². The largest absolute Gasteiger partial charge is 0.507 e. The lowest BCUT2D eigenvalue weighted by Crippen LogP contribution is -2.62. The molecular formula is C51H74N12O10. The van der Waals surface area contributed by atoms with Crippen molar-refractivity contribution in [1.82, 2.24) is 40.6 Å². The summed E-state index contributed by atoms with van der Waals surface area (Å²) in [7, 11) is 0. The zero-order valence-electron chi connectivity index (χ0n) is 41.0. The molecule has 5 atom stereocenters. The van der Waals surface area contributed by atoms with Crippen molar-refractivity contribution in [3.8, 4) is 22.8 Å². The van der Waals surface area contributed by atoms with Gasteiger partial charge in [0, 0.05) is 62.1 Å². The molecule has 5 aromatic rings. The topological polar surface area (TPSA) is 375 Å². The minimum atomic E-state index is -0.528. The van der Waals surface area contributed by atoms with E-state index in [1.165, 1.54) is 11.0 Å². The van der Waals surface area contributed by atoms with E-state index in [2.05, 4.69) is 30.8 Å². The number of phenolic OH excluding ortho intramolecular Hbond substituents is 2. The van der Waals surface area contributed by atoms with E-state index in [-0.39, 0.29) is 91.9 Å². The number of benzene rings is 3. The molecule has 4 heterocycles. The van der Waals surface area contributed by atoms with Crippen LogP contribution in [0, 0.1) is 5.92 Å². The number of primary amides is 1. The van der Waals surface area contributed by atoms with Crippen LogP contribution in [0.5, 0.6) is 11.5 Å². The van der Waals surface area contributed by atoms with Crippen LogP contribution in [0.2, 0.25) is 0 Å². The summed E-state index contributed by atoms with van der Waals surface area (Å²) in [5, 5.41) is 50.9. The Kier molecular flexibility index (Phi) is 24.6. The van der Waals surface area contributed by atoms with Crippen molar-refractivity contribution in [2.24, 2.45) is 28.9 Å². The van der Waals surface area contributed by atoms with Crippen LogP contribution in [0.25, 0.3) is 22.2 Å². The summed E-state index contributed by atoms with van der Waals surface area (Å²) < 4.78 is 0. The van der Waals surface area contributed by atoms with Gasteiger partial charge in [-0.15, -0.1) is 0 Å². The molecule has 1 unspecified atom stereocenters. The van der Waals surface area contributed by atoms with Gasteiger partial charge in [0.15, 0.2) is 0 Å². The van der Waals surface area contributed by atoms with Gasteiger partial charge in [0.1, 0.15) is 29.1 Å². The summed E-state index contributed by atoms with van der Waals surface area (Å²) in [6.07, 6.45) is 5.07. The van der Waals surface area contributed by atoms with Crippen LogP contribution < -0.4 is 33.6 Å². The first kappa shape index (κ1) is 60.1. The van der Waals surface area contributed by atoms with E-state index >= 15 is 0 Å². The summed E-state index contributed by atoms with van der Waals surface area (Å²) in [6.45, 7) is 7.03. The number of likely N-dealkylation sites (tertiary alicyclic amines) is 2. The number of carbonyl (C=O) groups is 6. The molecule has 0 aliphatic carbocycles. The Labute approximate surface area is 425 Å². The molecule has 0 bridgehead atoms. The van der Waals surface area contributed by atoms with Gasteiger partial charge in [-0.25, -0.2) is 4.98 Å². The highest BCUT2D eigenvalue weighted by Crippen LogP contribution is 2.28. The van der Waals surface area contributed by atoms with Crippen molar-refractivity contribution < 1.29 is 49.2 Å². The Morgan fingerprint density at radius 1 is 0.836 bits per heavy atom. The number of aromatic hydroxyl groups is 2. The standard InChI is InChI=1S/C14H19N3O3.C13H17N3O2.C12H21N3O3.C11H13N3O2.CH4/c1-2-11(15)13(19)16-9-7-17(8-9)14(20)10-5-3-4-6-12(10)18;1-9(8-17)13(18)14-7-6-12-10-4-2-3-5-11(10)15-16-12;1-2-8(13)10(16)5-6-11(17)15-7-3-4-9(15)12(14)18;12-8(6-15)11-13-5-9(14-11)7-3-1-2-4-10(7)16;/h3-6,9,11,18H,2,7-8,15H2,1H3,(H,16,19);2-5,9,17H,6-8H2,1H3,(H,14,18)(H,15,16);8-9H,2-7,13H2,1H3,(H2,14,18);1-5,8,15-16H,6,12H2,(H,13,14);1H4/t11-;9-;8-,9?;8-;/m0000./s1. The SMILES string of the molecule is C.CC[C@H](N)C(=O)CCC(=O)N1CCCC1C(N)=O.CC[C@H](N)C(=O)NC1CN(C(=O)c2ccccc2O)C1.C[C@@H](CO)C(=O)NCCc1[nH]nc2ccccc12.N[C@@H](CO)c1ncc(-c2ccccc2O)[nH]1. The van der Waals surface area contributed by atoms with Crippen molar-refractivity contribution in [3.05, 3.63) is 96.1 Å². The minimum Gasteiger partial charge on any atom is -0.507 e. The third kappa shape index (κ3) is 17.5. The minimum absolute atomic E-state index is 0. The first-order valence-corrected chi connectivity index (χ1v) is 23.9. The van der Waals surface area contributed by atoms with Gasteiger partial charge in [0.25, 0.3) is 5.91 Å². The highest BCUT2D eigenvalue weighted by atomic mass is 16.3. The molecule has 2 aromatic heterocycles. The van der Waals surface area contributed by atoms with Crippen LogP contribution in [0.4, 0.5) is 0 Å². The zero-order valence-corrected chi connectivity index (χ0v) is 41.0. The Hall–Kier alpha value is -7.24. The maximum atomic E-state index is 12.1. The highest BCUT2D eigenvalue weighted by Gasteiger charge is 2.34. The van der Waals surface area contributed by atoms with Gasteiger partial charge in [-0.3, -0.25) is 33.9 Å². The summed E-state index contributed by atoms with van der Waals surface area (Å²) in [6, 6.07) is 19.1. The molecule has 7 rings (SSSR count). The number of aromatic amines is 2. The average Bonchev–Trinajstić information content (AvgIpc) is 4.18. The van der Waals surface area contributed by atoms with Crippen LogP contribution in [0.3, 0.4) is 0 Å². The predicted molar refractivity (Wildman–Crippen MR) is 276 cm³/mol. The number of nitrogens with two attached hydrogens (primary N) is 4. The molecule has 2 aliphatic rings. The summed E-state index contributed by atoms with van der Waals surface area (Å²) >= 11 is 0. The maximum absolute atomic E-state index is 12.1. The number of aliphatic hydroxyl groups excluding tert-OH is 2. The summed E-state index contributed by atoms with van der Waals surface area (Å²) in [5.74, 6) is -1.02. The third-order valence-corrected chi connectivity index (χ3v) is 12.0. The number of carbonyl (C=O) groups excluding carboxylic acids is 6. The zero-order chi connectivity index (χ0) is 52.9. The molecule has 2 fully saturated rings. The second kappa shape index (κ2) is 29.9. The molecule has 5 amide bonds. The van der Waals surface area contributed by atoms with Gasteiger partial charge in [-0.1, -0.05) is 70.7 Å². The molecule has 22 heteroatoms. The number of fused-ring (bicyclic) bond motifs is 1. The van der Waals surface area contributed by atoms with Crippen LogP contribution in [0.1, 0.15) is 94.6 Å². The smallest absolute Gasteiger partial charge is 0.257 e.